The number of nitrogens with one attached hydrogen (secondary N) is 1. The van der Waals surface area contributed by atoms with Crippen molar-refractivity contribution in [3.8, 4) is 0 Å². The van der Waals surface area contributed by atoms with Crippen molar-refractivity contribution in [2.24, 2.45) is 11.7 Å². The lowest BCUT2D eigenvalue weighted by Gasteiger charge is -2.32. The lowest BCUT2D eigenvalue weighted by molar-refractivity contribution is 0.0601. The first kappa shape index (κ1) is 13.2. The largest absolute Gasteiger partial charge is 0.465 e. The molecule has 18 heavy (non-hydrogen) atoms. The summed E-state index contributed by atoms with van der Waals surface area (Å²) < 4.78 is 4.68. The van der Waals surface area contributed by atoms with Gasteiger partial charge in [-0.3, -0.25) is 0 Å². The van der Waals surface area contributed by atoms with Crippen LogP contribution in [0.2, 0.25) is 5.02 Å². The highest BCUT2D eigenvalue weighted by Gasteiger charge is 2.25. The SMILES string of the molecule is COC(=O)c1ccc(Cl)c(NCC2CC(N)C2)c1. The Balaban J connectivity index is 2.00. The third-order valence-electron chi connectivity index (χ3n) is 3.24. The number of benzene rings is 1. The maximum Gasteiger partial charge on any atom is 0.337 e. The molecular weight excluding hydrogens is 252 g/mol. The summed E-state index contributed by atoms with van der Waals surface area (Å²) in [5, 5.41) is 3.86. The van der Waals surface area contributed by atoms with Crippen LogP contribution in [-0.2, 0) is 4.74 Å². The zero-order chi connectivity index (χ0) is 13.1. The van der Waals surface area contributed by atoms with E-state index in [9.17, 15) is 4.79 Å². The van der Waals surface area contributed by atoms with Gasteiger partial charge in [0.05, 0.1) is 23.4 Å². The lowest BCUT2D eigenvalue weighted by Crippen LogP contribution is -2.39. The molecule has 1 aliphatic carbocycles. The van der Waals surface area contributed by atoms with Crippen LogP contribution in [-0.4, -0.2) is 25.7 Å². The van der Waals surface area contributed by atoms with Crippen molar-refractivity contribution in [2.75, 3.05) is 19.0 Å². The summed E-state index contributed by atoms with van der Waals surface area (Å²) in [6.07, 6.45) is 2.09. The molecule has 2 rings (SSSR count). The van der Waals surface area contributed by atoms with Crippen molar-refractivity contribution < 1.29 is 9.53 Å². The number of carbonyl (C=O) groups excluding carboxylic acids is 1. The Kier molecular flexibility index (Phi) is 4.09. The van der Waals surface area contributed by atoms with Gasteiger partial charge in [0, 0.05) is 12.6 Å². The maximum atomic E-state index is 11.4. The van der Waals surface area contributed by atoms with Crippen molar-refractivity contribution in [2.45, 2.75) is 18.9 Å². The number of carbonyl (C=O) groups is 1. The van der Waals surface area contributed by atoms with Crippen LogP contribution in [0.4, 0.5) is 5.69 Å². The van der Waals surface area contributed by atoms with Crippen LogP contribution < -0.4 is 11.1 Å². The number of halogens is 1. The molecule has 5 heteroatoms. The zero-order valence-electron chi connectivity index (χ0n) is 10.3. The molecule has 3 N–H and O–H groups in total. The fourth-order valence-corrected chi connectivity index (χ4v) is 2.30. The monoisotopic (exact) mass is 268 g/mol. The normalized spacial score (nSPS) is 22.2. The van der Waals surface area contributed by atoms with Crippen molar-refractivity contribution >= 4 is 23.3 Å². The second-order valence-corrected chi connectivity index (χ2v) is 5.07. The molecule has 0 spiro atoms. The van der Waals surface area contributed by atoms with E-state index in [-0.39, 0.29) is 5.97 Å². The van der Waals surface area contributed by atoms with E-state index >= 15 is 0 Å². The summed E-state index contributed by atoms with van der Waals surface area (Å²) in [5.41, 5.74) is 6.99. The fraction of sp³-hybridized carbons (Fsp3) is 0.462. The smallest absolute Gasteiger partial charge is 0.337 e. The molecule has 1 saturated carbocycles. The van der Waals surface area contributed by atoms with Gasteiger partial charge in [-0.05, 0) is 37.0 Å². The Bertz CT molecular complexity index is 445. The summed E-state index contributed by atoms with van der Waals surface area (Å²) in [4.78, 5) is 11.4. The van der Waals surface area contributed by atoms with E-state index in [0.29, 0.717) is 22.5 Å². The van der Waals surface area contributed by atoms with Crippen LogP contribution >= 0.6 is 11.6 Å². The maximum absolute atomic E-state index is 11.4. The average molecular weight is 269 g/mol. The van der Waals surface area contributed by atoms with Crippen LogP contribution in [0.25, 0.3) is 0 Å². The first-order chi connectivity index (χ1) is 8.60. The van der Waals surface area contributed by atoms with E-state index in [0.717, 1.165) is 25.1 Å². The van der Waals surface area contributed by atoms with Gasteiger partial charge in [0.25, 0.3) is 0 Å². The highest BCUT2D eigenvalue weighted by molar-refractivity contribution is 6.33. The van der Waals surface area contributed by atoms with E-state index in [2.05, 4.69) is 10.1 Å². The molecule has 1 aromatic carbocycles. The minimum atomic E-state index is -0.361. The lowest BCUT2D eigenvalue weighted by atomic mass is 9.81. The van der Waals surface area contributed by atoms with Gasteiger partial charge in [-0.2, -0.15) is 0 Å². The highest BCUT2D eigenvalue weighted by atomic mass is 35.5. The minimum Gasteiger partial charge on any atom is -0.465 e. The molecule has 0 aliphatic heterocycles. The van der Waals surface area contributed by atoms with Crippen LogP contribution in [0.15, 0.2) is 18.2 Å². The topological polar surface area (TPSA) is 64.3 Å². The van der Waals surface area contributed by atoms with Crippen molar-refractivity contribution in [1.82, 2.24) is 0 Å². The standard InChI is InChI=1S/C13H17ClN2O2/c1-18-13(17)9-2-3-11(14)12(6-9)16-7-8-4-10(15)5-8/h2-3,6,8,10,16H,4-5,7,15H2,1H3. The van der Waals surface area contributed by atoms with Gasteiger partial charge in [-0.1, -0.05) is 11.6 Å². The van der Waals surface area contributed by atoms with E-state index in [1.165, 1.54) is 7.11 Å². The molecule has 0 atom stereocenters. The first-order valence-corrected chi connectivity index (χ1v) is 6.35. The Morgan fingerprint density at radius 2 is 2.28 bits per heavy atom. The molecule has 0 bridgehead atoms. The molecule has 0 heterocycles. The summed E-state index contributed by atoms with van der Waals surface area (Å²) in [6.45, 7) is 0.831. The second kappa shape index (κ2) is 5.59. The molecule has 98 valence electrons. The number of rotatable bonds is 4. The summed E-state index contributed by atoms with van der Waals surface area (Å²) >= 11 is 6.08. The Hall–Kier alpha value is -1.26. The number of methoxy groups -OCH3 is 1. The van der Waals surface area contributed by atoms with Gasteiger partial charge in [-0.15, -0.1) is 0 Å². The third-order valence-corrected chi connectivity index (χ3v) is 3.57. The Morgan fingerprint density at radius 3 is 2.89 bits per heavy atom. The van der Waals surface area contributed by atoms with Crippen LogP contribution in [0, 0.1) is 5.92 Å². The average Bonchev–Trinajstić information content (AvgIpc) is 2.34. The Labute approximate surface area is 111 Å². The molecule has 0 amide bonds. The molecule has 1 aliphatic rings. The molecule has 0 aromatic heterocycles. The van der Waals surface area contributed by atoms with Gasteiger partial charge in [0.1, 0.15) is 0 Å². The van der Waals surface area contributed by atoms with Gasteiger partial charge in [0.2, 0.25) is 0 Å². The first-order valence-electron chi connectivity index (χ1n) is 5.97. The van der Waals surface area contributed by atoms with Gasteiger partial charge < -0.3 is 15.8 Å². The predicted octanol–water partition coefficient (Wildman–Crippen LogP) is 2.28. The summed E-state index contributed by atoms with van der Waals surface area (Å²) in [7, 11) is 1.36. The second-order valence-electron chi connectivity index (χ2n) is 4.66. The van der Waals surface area contributed by atoms with Crippen LogP contribution in [0.5, 0.6) is 0 Å². The molecule has 0 unspecified atom stereocenters. The third kappa shape index (κ3) is 2.94. The number of esters is 1. The number of hydrogen-bond donors (Lipinski definition) is 2. The predicted molar refractivity (Wildman–Crippen MR) is 72.0 cm³/mol. The molecule has 4 nitrogen and oxygen atoms in total. The van der Waals surface area contributed by atoms with Crippen molar-refractivity contribution in [3.05, 3.63) is 28.8 Å². The van der Waals surface area contributed by atoms with Gasteiger partial charge in [0.15, 0.2) is 0 Å². The van der Waals surface area contributed by atoms with Crippen molar-refractivity contribution in [1.29, 1.82) is 0 Å². The fourth-order valence-electron chi connectivity index (χ4n) is 2.11. The van der Waals surface area contributed by atoms with Gasteiger partial charge >= 0.3 is 5.97 Å². The summed E-state index contributed by atoms with van der Waals surface area (Å²) in [5.74, 6) is 0.234. The quantitative estimate of drug-likeness (QED) is 0.823. The van der Waals surface area contributed by atoms with Crippen LogP contribution in [0.3, 0.4) is 0 Å². The van der Waals surface area contributed by atoms with E-state index in [4.69, 9.17) is 17.3 Å². The molecule has 1 aromatic rings. The number of nitrogens with two attached hydrogens (primary N) is 1. The molecule has 0 saturated heterocycles. The van der Waals surface area contributed by atoms with Crippen LogP contribution in [0.1, 0.15) is 23.2 Å². The summed E-state index contributed by atoms with van der Waals surface area (Å²) in [6, 6.07) is 5.40. The highest BCUT2D eigenvalue weighted by Crippen LogP contribution is 2.28. The van der Waals surface area contributed by atoms with E-state index < -0.39 is 0 Å². The van der Waals surface area contributed by atoms with Gasteiger partial charge in [-0.25, -0.2) is 4.79 Å². The number of anilines is 1. The minimum absolute atomic E-state index is 0.341. The van der Waals surface area contributed by atoms with E-state index in [1.807, 2.05) is 0 Å². The Morgan fingerprint density at radius 1 is 1.56 bits per heavy atom. The molecule has 1 fully saturated rings. The number of hydrogen-bond acceptors (Lipinski definition) is 4. The zero-order valence-corrected chi connectivity index (χ0v) is 11.0. The molecular formula is C13H17ClN2O2. The number of ether oxygens (including phenoxy) is 1. The van der Waals surface area contributed by atoms with E-state index in [1.54, 1.807) is 18.2 Å². The molecule has 0 radical (unpaired) electrons. The van der Waals surface area contributed by atoms with Crippen molar-refractivity contribution in [3.63, 3.8) is 0 Å².